The maximum atomic E-state index is 6.85. The van der Waals surface area contributed by atoms with Crippen LogP contribution in [0.25, 0.3) is 16.5 Å². The van der Waals surface area contributed by atoms with Gasteiger partial charge in [0.15, 0.2) is 0 Å². The second-order valence-electron chi connectivity index (χ2n) is 7.75. The summed E-state index contributed by atoms with van der Waals surface area (Å²) >= 11 is 0. The van der Waals surface area contributed by atoms with E-state index in [-0.39, 0.29) is 56.4 Å². The van der Waals surface area contributed by atoms with Gasteiger partial charge >= 0.3 is 26.2 Å². The molecule has 4 rings (SSSR count). The molecule has 0 aliphatic carbocycles. The number of benzene rings is 3. The molecule has 0 aliphatic heterocycles. The SMILES string of the molecule is CC(C)(C)C[NH-].[Cl-].[Cl-].[Zr+4].c1ccc([Si]c2ccccc2)cc1.c1ccc2[cH-]ccc2c1. The van der Waals surface area contributed by atoms with Gasteiger partial charge < -0.3 is 30.5 Å². The molecule has 0 aromatic heterocycles. The summed E-state index contributed by atoms with van der Waals surface area (Å²) in [5.41, 5.74) is 7.06. The maximum Gasteiger partial charge on any atom is 4.00 e. The molecule has 1 N–H and O–H groups in total. The van der Waals surface area contributed by atoms with Crippen LogP contribution in [0.4, 0.5) is 0 Å². The minimum absolute atomic E-state index is 0. The van der Waals surface area contributed by atoms with Gasteiger partial charge in [0.2, 0.25) is 0 Å². The van der Waals surface area contributed by atoms with Crippen LogP contribution in [0.2, 0.25) is 0 Å². The third kappa shape index (κ3) is 13.8. The average molecular weight is 546 g/mol. The molecule has 31 heavy (non-hydrogen) atoms. The molecule has 4 aromatic rings. The summed E-state index contributed by atoms with van der Waals surface area (Å²) < 4.78 is 0. The second-order valence-corrected chi connectivity index (χ2v) is 9.15. The fourth-order valence-corrected chi connectivity index (χ4v) is 3.33. The summed E-state index contributed by atoms with van der Waals surface area (Å²) in [6, 6.07) is 35.8. The van der Waals surface area contributed by atoms with Gasteiger partial charge in [0.1, 0.15) is 9.52 Å². The molecule has 0 fully saturated rings. The Hall–Kier alpha value is -1.09. The third-order valence-electron chi connectivity index (χ3n) is 3.91. The summed E-state index contributed by atoms with van der Waals surface area (Å²) in [7, 11) is 0.777. The smallest absolute Gasteiger partial charge is 1.00 e. The topological polar surface area (TPSA) is 23.8 Å². The normalized spacial score (nSPS) is 9.42. The molecule has 0 bridgehead atoms. The summed E-state index contributed by atoms with van der Waals surface area (Å²) in [6.45, 7) is 6.69. The van der Waals surface area contributed by atoms with Crippen molar-refractivity contribution in [3.63, 3.8) is 0 Å². The molecule has 1 nitrogen and oxygen atoms in total. The van der Waals surface area contributed by atoms with E-state index in [1.165, 1.54) is 21.1 Å². The molecule has 4 aromatic carbocycles. The molecule has 0 aliphatic rings. The Morgan fingerprint density at radius 2 is 1.13 bits per heavy atom. The largest absolute Gasteiger partial charge is 4.00 e. The first-order chi connectivity index (χ1) is 13.5. The Kier molecular flexibility index (Phi) is 18.1. The quantitative estimate of drug-likeness (QED) is 0.250. The van der Waals surface area contributed by atoms with Crippen LogP contribution >= 0.6 is 0 Å². The minimum Gasteiger partial charge on any atom is -1.00 e. The summed E-state index contributed by atoms with van der Waals surface area (Å²) in [4.78, 5) is 0. The van der Waals surface area contributed by atoms with Crippen LogP contribution in [0.3, 0.4) is 0 Å². The predicted octanol–water partition coefficient (Wildman–Crippen LogP) is -0.00950. The van der Waals surface area contributed by atoms with Crippen molar-refractivity contribution < 1.29 is 51.0 Å². The summed E-state index contributed by atoms with van der Waals surface area (Å²) in [5, 5.41) is 5.46. The first-order valence-electron chi connectivity index (χ1n) is 9.60. The number of halogens is 2. The second kappa shape index (κ2) is 17.5. The van der Waals surface area contributed by atoms with E-state index in [0.717, 1.165) is 9.52 Å². The molecular weight excluding hydrogens is 517 g/mol. The fraction of sp³-hybridized carbons (Fsp3) is 0.192. The van der Waals surface area contributed by atoms with Crippen molar-refractivity contribution in [3.8, 4) is 0 Å². The Morgan fingerprint density at radius 1 is 0.710 bits per heavy atom. The maximum absolute atomic E-state index is 6.85. The van der Waals surface area contributed by atoms with Gasteiger partial charge in [-0.05, 0) is 0 Å². The van der Waals surface area contributed by atoms with Gasteiger partial charge in [-0.3, -0.25) is 0 Å². The molecule has 0 saturated heterocycles. The van der Waals surface area contributed by atoms with E-state index in [0.29, 0.717) is 6.54 Å². The average Bonchev–Trinajstić information content (AvgIpc) is 3.19. The Balaban J connectivity index is 0. The molecule has 160 valence electrons. The van der Waals surface area contributed by atoms with E-state index < -0.39 is 0 Å². The van der Waals surface area contributed by atoms with Crippen molar-refractivity contribution in [1.29, 1.82) is 0 Å². The van der Waals surface area contributed by atoms with Crippen LogP contribution in [0.15, 0.2) is 103 Å². The minimum atomic E-state index is 0. The molecule has 0 saturated carbocycles. The van der Waals surface area contributed by atoms with Crippen molar-refractivity contribution >= 4 is 30.7 Å². The van der Waals surface area contributed by atoms with Crippen molar-refractivity contribution in [3.05, 3.63) is 109 Å². The molecular formula is C26H29Cl2NSiZr. The van der Waals surface area contributed by atoms with Crippen LogP contribution in [-0.2, 0) is 26.2 Å². The van der Waals surface area contributed by atoms with E-state index >= 15 is 0 Å². The number of rotatable bonds is 2. The molecule has 2 radical (unpaired) electrons. The van der Waals surface area contributed by atoms with E-state index in [9.17, 15) is 0 Å². The Morgan fingerprint density at radius 3 is 1.55 bits per heavy atom. The van der Waals surface area contributed by atoms with E-state index in [1.807, 2.05) is 0 Å². The molecule has 0 atom stereocenters. The summed E-state index contributed by atoms with van der Waals surface area (Å²) in [6.07, 6.45) is 0. The van der Waals surface area contributed by atoms with Crippen LogP contribution < -0.4 is 35.2 Å². The van der Waals surface area contributed by atoms with E-state index in [2.05, 4.69) is 124 Å². The molecule has 0 heterocycles. The van der Waals surface area contributed by atoms with Crippen molar-refractivity contribution in [1.82, 2.24) is 0 Å². The number of nitrogens with one attached hydrogen (secondary N) is 1. The molecule has 0 amide bonds. The Labute approximate surface area is 222 Å². The molecule has 5 heteroatoms. The van der Waals surface area contributed by atoms with Gasteiger partial charge in [-0.2, -0.15) is 17.5 Å². The molecule has 0 unspecified atom stereocenters. The van der Waals surface area contributed by atoms with Crippen LogP contribution in [0.5, 0.6) is 0 Å². The molecule has 0 spiro atoms. The Bertz CT molecular complexity index is 854. The predicted molar refractivity (Wildman–Crippen MR) is 126 cm³/mol. The zero-order valence-corrected chi connectivity index (χ0v) is 23.2. The van der Waals surface area contributed by atoms with Crippen molar-refractivity contribution in [2.45, 2.75) is 20.8 Å². The van der Waals surface area contributed by atoms with E-state index in [1.54, 1.807) is 0 Å². The van der Waals surface area contributed by atoms with Crippen molar-refractivity contribution in [2.24, 2.45) is 5.41 Å². The first-order valence-corrected chi connectivity index (χ1v) is 10.6. The van der Waals surface area contributed by atoms with Gasteiger partial charge in [-0.25, -0.2) is 0 Å². The van der Waals surface area contributed by atoms with Crippen LogP contribution in [-0.4, -0.2) is 16.1 Å². The van der Waals surface area contributed by atoms with Crippen LogP contribution in [0.1, 0.15) is 20.8 Å². The number of fused-ring (bicyclic) bond motifs is 1. The fourth-order valence-electron chi connectivity index (χ4n) is 2.28. The standard InChI is InChI=1S/C12H10Si.C9H7.C5H12N.2ClH.Zr/c1-3-7-11(8-4-1)13-12-9-5-2-6-10-12;1-2-5-9-7-3-6-8(9)4-1;1-5(2,3)4-6;;;/h1-10H;1-7H;6H,4H2,1-3H3;2*1H;/q;2*-1;;;+4/p-2. The third-order valence-corrected chi connectivity index (χ3v) is 5.16. The first kappa shape index (κ1) is 32.1. The number of hydrogen-bond donors (Lipinski definition) is 0. The van der Waals surface area contributed by atoms with Gasteiger partial charge in [-0.1, -0.05) is 103 Å². The van der Waals surface area contributed by atoms with Crippen LogP contribution in [0, 0.1) is 5.41 Å². The van der Waals surface area contributed by atoms with Gasteiger partial charge in [0.05, 0.1) is 0 Å². The zero-order chi connectivity index (χ0) is 20.2. The van der Waals surface area contributed by atoms with Gasteiger partial charge in [0.25, 0.3) is 0 Å². The van der Waals surface area contributed by atoms with Crippen molar-refractivity contribution in [2.75, 3.05) is 6.54 Å². The summed E-state index contributed by atoms with van der Waals surface area (Å²) in [5.74, 6) is 0. The monoisotopic (exact) mass is 543 g/mol. The van der Waals surface area contributed by atoms with Gasteiger partial charge in [0, 0.05) is 0 Å². The van der Waals surface area contributed by atoms with Gasteiger partial charge in [-0.15, -0.1) is 36.2 Å². The van der Waals surface area contributed by atoms with E-state index in [4.69, 9.17) is 5.73 Å². The number of hydrogen-bond acceptors (Lipinski definition) is 0. The zero-order valence-electron chi connectivity index (χ0n) is 18.3.